The van der Waals surface area contributed by atoms with Crippen LogP contribution >= 0.6 is 0 Å². The molecule has 0 aliphatic heterocycles. The zero-order valence-electron chi connectivity index (χ0n) is 11.4. The molecular weight excluding hydrogens is 237 g/mol. The summed E-state index contributed by atoms with van der Waals surface area (Å²) in [5.74, 6) is 2.29. The fraction of sp³-hybridized carbons (Fsp3) is 0.533. The Morgan fingerprint density at radius 1 is 1.21 bits per heavy atom. The van der Waals surface area contributed by atoms with Gasteiger partial charge in [0.2, 0.25) is 0 Å². The first-order chi connectivity index (χ1) is 9.28. The van der Waals surface area contributed by atoms with Gasteiger partial charge in [-0.2, -0.15) is 0 Å². The standard InChI is InChI=1S/C15H22BNO2/c16-15(10-17)19-14-8-4-7-13(9-14)18-11-12-5-2-1-3-6-12/h4,7-9,12,16H,1-3,5-6,10-11,17H2. The van der Waals surface area contributed by atoms with E-state index in [0.717, 1.165) is 18.1 Å². The Morgan fingerprint density at radius 3 is 2.68 bits per heavy atom. The predicted molar refractivity (Wildman–Crippen MR) is 80.4 cm³/mol. The number of rotatable bonds is 6. The van der Waals surface area contributed by atoms with Gasteiger partial charge in [-0.05, 0) is 0 Å². The van der Waals surface area contributed by atoms with Crippen LogP contribution < -0.4 is 15.2 Å². The maximum atomic E-state index is 5.86. The van der Waals surface area contributed by atoms with E-state index in [4.69, 9.17) is 15.2 Å². The van der Waals surface area contributed by atoms with Crippen molar-refractivity contribution in [2.45, 2.75) is 32.1 Å². The monoisotopic (exact) mass is 259 g/mol. The van der Waals surface area contributed by atoms with Crippen LogP contribution in [0.25, 0.3) is 0 Å². The molecule has 0 aromatic heterocycles. The molecule has 1 aliphatic rings. The van der Waals surface area contributed by atoms with Crippen molar-refractivity contribution >= 4 is 13.1 Å². The zero-order chi connectivity index (χ0) is 13.5. The van der Waals surface area contributed by atoms with Gasteiger partial charge in [0.15, 0.2) is 0 Å². The molecular formula is C15H22BNO2. The van der Waals surface area contributed by atoms with Crippen molar-refractivity contribution in [3.8, 4) is 11.5 Å². The minimum atomic E-state index is 0.327. The molecule has 1 aromatic carbocycles. The summed E-state index contributed by atoms with van der Waals surface area (Å²) in [5.41, 5.74) is 6.02. The van der Waals surface area contributed by atoms with Crippen LogP contribution in [0.2, 0.25) is 0 Å². The molecule has 0 radical (unpaired) electrons. The Kier molecular flexibility index (Phi) is 5.46. The Balaban J connectivity index is 1.85. The van der Waals surface area contributed by atoms with Crippen molar-refractivity contribution in [1.29, 1.82) is 0 Å². The molecule has 0 amide bonds. The minimum absolute atomic E-state index is 0.327. The molecule has 0 spiro atoms. The van der Waals surface area contributed by atoms with E-state index in [9.17, 15) is 0 Å². The van der Waals surface area contributed by atoms with Crippen LogP contribution in [0.1, 0.15) is 32.1 Å². The molecule has 4 heteroatoms. The molecule has 0 atom stereocenters. The van der Waals surface area contributed by atoms with E-state index in [-0.39, 0.29) is 0 Å². The SMILES string of the molecule is B=C(CN)Oc1cccc(OCC2CCCCC2)c1. The van der Waals surface area contributed by atoms with Gasteiger partial charge in [-0.25, -0.2) is 0 Å². The van der Waals surface area contributed by atoms with Crippen LogP contribution in [0.4, 0.5) is 0 Å². The third-order valence-electron chi connectivity index (χ3n) is 3.51. The van der Waals surface area contributed by atoms with Crippen LogP contribution in [0.5, 0.6) is 11.5 Å². The normalized spacial score (nSPS) is 16.0. The number of ether oxygens (including phenoxy) is 2. The van der Waals surface area contributed by atoms with Crippen LogP contribution in [0.3, 0.4) is 0 Å². The topological polar surface area (TPSA) is 44.5 Å². The van der Waals surface area contributed by atoms with Crippen molar-refractivity contribution in [2.75, 3.05) is 13.2 Å². The summed E-state index contributed by atoms with van der Waals surface area (Å²) in [4.78, 5) is 0. The van der Waals surface area contributed by atoms with Crippen LogP contribution in [-0.2, 0) is 0 Å². The number of hydrogen-bond acceptors (Lipinski definition) is 3. The second kappa shape index (κ2) is 7.34. The van der Waals surface area contributed by atoms with Gasteiger partial charge in [0.1, 0.15) is 0 Å². The third-order valence-corrected chi connectivity index (χ3v) is 3.51. The summed E-state index contributed by atoms with van der Waals surface area (Å²) in [6.07, 6.45) is 6.64. The van der Waals surface area contributed by atoms with E-state index in [2.05, 4.69) is 7.49 Å². The number of hydrogen-bond donors (Lipinski definition) is 1. The van der Waals surface area contributed by atoms with Gasteiger partial charge < -0.3 is 0 Å². The van der Waals surface area contributed by atoms with Gasteiger partial charge >= 0.3 is 115 Å². The Hall–Kier alpha value is -1.29. The van der Waals surface area contributed by atoms with Crippen molar-refractivity contribution < 1.29 is 9.47 Å². The van der Waals surface area contributed by atoms with Gasteiger partial charge in [-0.15, -0.1) is 0 Å². The van der Waals surface area contributed by atoms with Gasteiger partial charge in [-0.3, -0.25) is 0 Å². The van der Waals surface area contributed by atoms with Crippen molar-refractivity contribution in [2.24, 2.45) is 11.7 Å². The molecule has 0 bridgehead atoms. The molecule has 1 fully saturated rings. The average Bonchev–Trinajstić information content (AvgIpc) is 2.46. The van der Waals surface area contributed by atoms with Crippen LogP contribution in [-0.4, -0.2) is 26.3 Å². The molecule has 0 saturated heterocycles. The zero-order valence-corrected chi connectivity index (χ0v) is 11.4. The summed E-state index contributed by atoms with van der Waals surface area (Å²) in [7, 11) is 3.73. The quantitative estimate of drug-likeness (QED) is 0.795. The molecule has 0 heterocycles. The first-order valence-electron chi connectivity index (χ1n) is 7.06. The second-order valence-electron chi connectivity index (χ2n) is 5.13. The predicted octanol–water partition coefficient (Wildman–Crippen LogP) is 2.01. The molecule has 2 N–H and O–H groups in total. The molecule has 1 aromatic rings. The van der Waals surface area contributed by atoms with E-state index in [1.54, 1.807) is 0 Å². The molecule has 3 nitrogen and oxygen atoms in total. The Labute approximate surface area is 116 Å². The fourth-order valence-corrected chi connectivity index (χ4v) is 2.40. The fourth-order valence-electron chi connectivity index (χ4n) is 2.40. The molecule has 1 saturated carbocycles. The van der Waals surface area contributed by atoms with Gasteiger partial charge in [0.25, 0.3) is 0 Å². The summed E-state index contributed by atoms with van der Waals surface area (Å²) in [5, 5.41) is 0. The van der Waals surface area contributed by atoms with Crippen molar-refractivity contribution in [3.63, 3.8) is 0 Å². The summed E-state index contributed by atoms with van der Waals surface area (Å²) in [6, 6.07) is 7.66. The van der Waals surface area contributed by atoms with Crippen molar-refractivity contribution in [1.82, 2.24) is 0 Å². The van der Waals surface area contributed by atoms with Crippen LogP contribution in [0.15, 0.2) is 24.3 Å². The van der Waals surface area contributed by atoms with Gasteiger partial charge in [0.05, 0.1) is 0 Å². The van der Waals surface area contributed by atoms with E-state index >= 15 is 0 Å². The summed E-state index contributed by atoms with van der Waals surface area (Å²) < 4.78 is 11.4. The summed E-state index contributed by atoms with van der Waals surface area (Å²) in [6.45, 7) is 1.13. The van der Waals surface area contributed by atoms with E-state index < -0.39 is 0 Å². The van der Waals surface area contributed by atoms with Gasteiger partial charge in [0, 0.05) is 0 Å². The number of benzene rings is 1. The van der Waals surface area contributed by atoms with E-state index in [0.29, 0.717) is 18.1 Å². The Bertz CT molecular complexity index is 416. The van der Waals surface area contributed by atoms with Crippen LogP contribution in [0, 0.1) is 5.92 Å². The molecule has 0 unspecified atom stereocenters. The first-order valence-corrected chi connectivity index (χ1v) is 7.06. The third kappa shape index (κ3) is 4.71. The first kappa shape index (κ1) is 14.1. The molecule has 102 valence electrons. The number of nitrogens with two attached hydrogens (primary N) is 1. The Morgan fingerprint density at radius 2 is 1.95 bits per heavy atom. The average molecular weight is 259 g/mol. The molecule has 1 aliphatic carbocycles. The van der Waals surface area contributed by atoms with Crippen molar-refractivity contribution in [3.05, 3.63) is 24.3 Å². The second-order valence-corrected chi connectivity index (χ2v) is 5.13. The van der Waals surface area contributed by atoms with E-state index in [1.165, 1.54) is 32.1 Å². The maximum absolute atomic E-state index is 5.86. The molecule has 2 rings (SSSR count). The van der Waals surface area contributed by atoms with Gasteiger partial charge in [-0.1, -0.05) is 0 Å². The summed E-state index contributed by atoms with van der Waals surface area (Å²) >= 11 is 0. The van der Waals surface area contributed by atoms with E-state index in [1.807, 2.05) is 24.3 Å². The molecule has 19 heavy (non-hydrogen) atoms.